The summed E-state index contributed by atoms with van der Waals surface area (Å²) in [5.41, 5.74) is -0.0667. The van der Waals surface area contributed by atoms with E-state index in [1.165, 1.54) is 12.1 Å². The first-order valence-electron chi connectivity index (χ1n) is 6.14. The molecular weight excluding hydrogens is 286 g/mol. The summed E-state index contributed by atoms with van der Waals surface area (Å²) in [7, 11) is 3.19. The van der Waals surface area contributed by atoms with E-state index in [2.05, 4.69) is 4.98 Å². The minimum Gasteiger partial charge on any atom is -0.385 e. The maximum Gasteiger partial charge on any atom is 0.311 e. The Kier molecular flexibility index (Phi) is 7.21. The molecule has 0 aliphatic rings. The van der Waals surface area contributed by atoms with Crippen LogP contribution in [0.1, 0.15) is 6.42 Å². The first-order valence-corrected chi connectivity index (χ1v) is 6.51. The summed E-state index contributed by atoms with van der Waals surface area (Å²) < 4.78 is 10.0. The highest BCUT2D eigenvalue weighted by atomic mass is 35.5. The minimum absolute atomic E-state index is 0.0667. The van der Waals surface area contributed by atoms with Gasteiger partial charge in [0.05, 0.1) is 11.5 Å². The Labute approximate surface area is 122 Å². The Bertz CT molecular complexity index is 445. The molecule has 0 amide bonds. The van der Waals surface area contributed by atoms with Crippen LogP contribution in [0.5, 0.6) is 0 Å². The van der Waals surface area contributed by atoms with Crippen LogP contribution in [0.25, 0.3) is 0 Å². The topological polar surface area (TPSA) is 77.7 Å². The fraction of sp³-hybridized carbons (Fsp3) is 0.583. The molecule has 1 aromatic rings. The van der Waals surface area contributed by atoms with Crippen LogP contribution in [-0.2, 0) is 9.47 Å². The number of hydrogen-bond acceptors (Lipinski definition) is 6. The average molecular weight is 304 g/mol. The van der Waals surface area contributed by atoms with Gasteiger partial charge in [0.25, 0.3) is 0 Å². The van der Waals surface area contributed by atoms with Gasteiger partial charge in [-0.15, -0.1) is 0 Å². The van der Waals surface area contributed by atoms with E-state index in [0.717, 1.165) is 6.42 Å². The van der Waals surface area contributed by atoms with Crippen molar-refractivity contribution in [1.82, 2.24) is 4.98 Å². The molecule has 0 bridgehead atoms. The highest BCUT2D eigenvalue weighted by Crippen LogP contribution is 2.27. The third kappa shape index (κ3) is 4.92. The first-order chi connectivity index (χ1) is 9.60. The van der Waals surface area contributed by atoms with E-state index in [-0.39, 0.29) is 16.7 Å². The summed E-state index contributed by atoms with van der Waals surface area (Å²) in [6.45, 7) is 2.08. The lowest BCUT2D eigenvalue weighted by Crippen LogP contribution is -2.30. The van der Waals surface area contributed by atoms with Gasteiger partial charge in [-0.1, -0.05) is 11.6 Å². The van der Waals surface area contributed by atoms with Crippen molar-refractivity contribution in [3.63, 3.8) is 0 Å². The molecular formula is C12H18ClN3O4. The van der Waals surface area contributed by atoms with E-state index < -0.39 is 4.92 Å². The Morgan fingerprint density at radius 1 is 1.30 bits per heavy atom. The number of nitro groups is 1. The second-order valence-electron chi connectivity index (χ2n) is 4.06. The molecule has 7 nitrogen and oxygen atoms in total. The van der Waals surface area contributed by atoms with Crippen LogP contribution < -0.4 is 4.90 Å². The highest BCUT2D eigenvalue weighted by Gasteiger charge is 2.21. The summed E-state index contributed by atoms with van der Waals surface area (Å²) in [6.07, 6.45) is 0.728. The van der Waals surface area contributed by atoms with Gasteiger partial charge < -0.3 is 14.4 Å². The van der Waals surface area contributed by atoms with Gasteiger partial charge >= 0.3 is 5.69 Å². The lowest BCUT2D eigenvalue weighted by molar-refractivity contribution is -0.384. The number of hydrogen-bond donors (Lipinski definition) is 0. The summed E-state index contributed by atoms with van der Waals surface area (Å²) in [6, 6.07) is 2.77. The number of pyridine rings is 1. The Morgan fingerprint density at radius 2 is 2.00 bits per heavy atom. The molecule has 1 rings (SSSR count). The SMILES string of the molecule is COCCCN(CCOC)c1nc(Cl)ccc1[N+](=O)[O-]. The van der Waals surface area contributed by atoms with Crippen molar-refractivity contribution in [1.29, 1.82) is 0 Å². The molecule has 1 aromatic heterocycles. The fourth-order valence-corrected chi connectivity index (χ4v) is 1.86. The Hall–Kier alpha value is -1.44. The van der Waals surface area contributed by atoms with Gasteiger partial charge in [0.15, 0.2) is 0 Å². The second-order valence-corrected chi connectivity index (χ2v) is 4.45. The Morgan fingerprint density at radius 3 is 2.60 bits per heavy atom. The monoisotopic (exact) mass is 303 g/mol. The van der Waals surface area contributed by atoms with Gasteiger partial charge in [0.2, 0.25) is 5.82 Å². The van der Waals surface area contributed by atoms with Crippen molar-refractivity contribution in [2.24, 2.45) is 0 Å². The number of nitrogens with zero attached hydrogens (tertiary/aromatic N) is 3. The average Bonchev–Trinajstić information content (AvgIpc) is 2.42. The van der Waals surface area contributed by atoms with Gasteiger partial charge in [-0.25, -0.2) is 4.98 Å². The summed E-state index contributed by atoms with van der Waals surface area (Å²) >= 11 is 5.84. The zero-order valence-electron chi connectivity index (χ0n) is 11.5. The van der Waals surface area contributed by atoms with Crippen LogP contribution in [-0.4, -0.2) is 50.4 Å². The van der Waals surface area contributed by atoms with Gasteiger partial charge in [-0.3, -0.25) is 10.1 Å². The number of methoxy groups -OCH3 is 2. The number of rotatable bonds is 9. The van der Waals surface area contributed by atoms with Gasteiger partial charge in [-0.2, -0.15) is 0 Å². The van der Waals surface area contributed by atoms with E-state index in [1.54, 1.807) is 19.1 Å². The lowest BCUT2D eigenvalue weighted by Gasteiger charge is -2.23. The maximum atomic E-state index is 11.1. The molecule has 1 heterocycles. The van der Waals surface area contributed by atoms with Crippen molar-refractivity contribution < 1.29 is 14.4 Å². The summed E-state index contributed by atoms with van der Waals surface area (Å²) in [5.74, 6) is 0.260. The van der Waals surface area contributed by atoms with Crippen LogP contribution in [0.4, 0.5) is 11.5 Å². The molecule has 0 saturated heterocycles. The molecule has 0 spiro atoms. The normalized spacial score (nSPS) is 10.6. The second kappa shape index (κ2) is 8.68. The number of halogens is 1. The molecule has 112 valence electrons. The zero-order chi connectivity index (χ0) is 15.0. The first kappa shape index (κ1) is 16.6. The largest absolute Gasteiger partial charge is 0.385 e. The quantitative estimate of drug-likeness (QED) is 0.301. The molecule has 0 aliphatic heterocycles. The molecule has 0 fully saturated rings. The molecule has 0 aliphatic carbocycles. The standard InChI is InChI=1S/C12H18ClN3O4/c1-19-8-3-6-15(7-9-20-2)12-10(16(17)18)4-5-11(13)14-12/h4-5H,3,6-9H2,1-2H3. The van der Waals surface area contributed by atoms with Crippen LogP contribution in [0.15, 0.2) is 12.1 Å². The van der Waals surface area contributed by atoms with E-state index >= 15 is 0 Å². The Balaban J connectivity index is 2.97. The lowest BCUT2D eigenvalue weighted by atomic mass is 10.3. The van der Waals surface area contributed by atoms with Gasteiger partial charge in [0, 0.05) is 40.0 Å². The third-order valence-electron chi connectivity index (χ3n) is 2.66. The van der Waals surface area contributed by atoms with Crippen molar-refractivity contribution in [2.75, 3.05) is 45.4 Å². The number of ether oxygens (including phenoxy) is 2. The summed E-state index contributed by atoms with van der Waals surface area (Å²) in [4.78, 5) is 16.5. The predicted octanol–water partition coefficient (Wildman–Crippen LogP) is 2.13. The van der Waals surface area contributed by atoms with E-state index in [4.69, 9.17) is 21.1 Å². The van der Waals surface area contributed by atoms with Crippen LogP contribution in [0, 0.1) is 10.1 Å². The molecule has 0 aromatic carbocycles. The molecule has 0 N–H and O–H groups in total. The predicted molar refractivity (Wildman–Crippen MR) is 76.5 cm³/mol. The van der Waals surface area contributed by atoms with Crippen LogP contribution >= 0.6 is 11.6 Å². The highest BCUT2D eigenvalue weighted by molar-refractivity contribution is 6.29. The van der Waals surface area contributed by atoms with Crippen molar-refractivity contribution in [2.45, 2.75) is 6.42 Å². The van der Waals surface area contributed by atoms with E-state index in [9.17, 15) is 10.1 Å². The van der Waals surface area contributed by atoms with Gasteiger partial charge in [-0.05, 0) is 12.5 Å². The van der Waals surface area contributed by atoms with Crippen molar-refractivity contribution in [3.8, 4) is 0 Å². The number of aromatic nitrogens is 1. The molecule has 20 heavy (non-hydrogen) atoms. The minimum atomic E-state index is -0.464. The van der Waals surface area contributed by atoms with Crippen LogP contribution in [0.2, 0.25) is 5.15 Å². The fourth-order valence-electron chi connectivity index (χ4n) is 1.72. The maximum absolute atomic E-state index is 11.1. The molecule has 8 heteroatoms. The van der Waals surface area contributed by atoms with E-state index in [0.29, 0.717) is 26.3 Å². The third-order valence-corrected chi connectivity index (χ3v) is 2.87. The molecule has 0 unspecified atom stereocenters. The summed E-state index contributed by atoms with van der Waals surface area (Å²) in [5, 5.41) is 11.3. The molecule has 0 atom stereocenters. The van der Waals surface area contributed by atoms with E-state index in [1.807, 2.05) is 0 Å². The van der Waals surface area contributed by atoms with Gasteiger partial charge in [0.1, 0.15) is 5.15 Å². The zero-order valence-corrected chi connectivity index (χ0v) is 12.3. The number of anilines is 1. The molecule has 0 saturated carbocycles. The smallest absolute Gasteiger partial charge is 0.311 e. The molecule has 0 radical (unpaired) electrons. The van der Waals surface area contributed by atoms with Crippen molar-refractivity contribution >= 4 is 23.1 Å². The van der Waals surface area contributed by atoms with Crippen LogP contribution in [0.3, 0.4) is 0 Å². The van der Waals surface area contributed by atoms with Crippen molar-refractivity contribution in [3.05, 3.63) is 27.4 Å².